The Kier molecular flexibility index (Phi) is 3.65. The van der Waals surface area contributed by atoms with Gasteiger partial charge in [0, 0.05) is 5.56 Å². The molecular weight excluding hydrogens is 262 g/mol. The molecule has 1 heterocycles. The van der Waals surface area contributed by atoms with E-state index in [1.54, 1.807) is 0 Å². The lowest BCUT2D eigenvalue weighted by atomic mass is 9.92. The van der Waals surface area contributed by atoms with E-state index in [4.69, 9.17) is 5.84 Å². The highest BCUT2D eigenvalue weighted by Crippen LogP contribution is 2.32. The third-order valence-electron chi connectivity index (χ3n) is 3.24. The molecule has 0 aromatic heterocycles. The van der Waals surface area contributed by atoms with Gasteiger partial charge in [-0.15, -0.1) is 0 Å². The minimum absolute atomic E-state index is 0.0577. The van der Waals surface area contributed by atoms with Gasteiger partial charge in [-0.05, 0) is 18.4 Å². The number of sulfone groups is 1. The van der Waals surface area contributed by atoms with Gasteiger partial charge in [-0.2, -0.15) is 0 Å². The van der Waals surface area contributed by atoms with Crippen molar-refractivity contribution in [1.29, 1.82) is 0 Å². The predicted molar refractivity (Wildman–Crippen MR) is 63.2 cm³/mol. The molecular formula is C11H14F2N2O2S. The second-order valence-electron chi connectivity index (χ2n) is 4.45. The van der Waals surface area contributed by atoms with Crippen molar-refractivity contribution < 1.29 is 17.2 Å². The maximum Gasteiger partial charge on any atom is 0.163 e. The van der Waals surface area contributed by atoms with Crippen LogP contribution in [-0.4, -0.2) is 19.9 Å². The van der Waals surface area contributed by atoms with Crippen molar-refractivity contribution in [3.8, 4) is 0 Å². The molecule has 3 N–H and O–H groups in total. The standard InChI is InChI=1S/C11H14F2N2O2S/c12-9-3-1-2-8(10(9)13)11(15-14)7-4-5-18(16,17)6-7/h1-3,7,11,15H,4-6,14H2. The van der Waals surface area contributed by atoms with Crippen LogP contribution in [0.25, 0.3) is 0 Å². The normalized spacial score (nSPS) is 24.1. The Hall–Kier alpha value is -1.05. The first kappa shape index (κ1) is 13.4. The number of hydrogen-bond acceptors (Lipinski definition) is 4. The molecule has 1 saturated heterocycles. The zero-order valence-electron chi connectivity index (χ0n) is 9.57. The molecule has 1 aromatic carbocycles. The van der Waals surface area contributed by atoms with Crippen LogP contribution in [-0.2, 0) is 9.84 Å². The largest absolute Gasteiger partial charge is 0.271 e. The van der Waals surface area contributed by atoms with Crippen molar-refractivity contribution in [3.05, 3.63) is 35.4 Å². The van der Waals surface area contributed by atoms with Gasteiger partial charge < -0.3 is 0 Å². The van der Waals surface area contributed by atoms with Crippen LogP contribution in [0.3, 0.4) is 0 Å². The molecule has 0 radical (unpaired) electrons. The summed E-state index contributed by atoms with van der Waals surface area (Å²) in [6.07, 6.45) is 0.396. The minimum Gasteiger partial charge on any atom is -0.271 e. The van der Waals surface area contributed by atoms with Crippen molar-refractivity contribution in [2.45, 2.75) is 12.5 Å². The summed E-state index contributed by atoms with van der Waals surface area (Å²) in [6, 6.07) is 3.10. The summed E-state index contributed by atoms with van der Waals surface area (Å²) in [5.74, 6) is 3.08. The van der Waals surface area contributed by atoms with Crippen LogP contribution in [0.5, 0.6) is 0 Å². The van der Waals surface area contributed by atoms with Crippen LogP contribution in [0.2, 0.25) is 0 Å². The highest BCUT2D eigenvalue weighted by Gasteiger charge is 2.35. The van der Waals surface area contributed by atoms with Gasteiger partial charge in [0.25, 0.3) is 0 Å². The van der Waals surface area contributed by atoms with Crippen molar-refractivity contribution in [3.63, 3.8) is 0 Å². The van der Waals surface area contributed by atoms with E-state index >= 15 is 0 Å². The first-order chi connectivity index (χ1) is 8.44. The van der Waals surface area contributed by atoms with Gasteiger partial charge in [0.1, 0.15) is 0 Å². The summed E-state index contributed by atoms with van der Waals surface area (Å²) < 4.78 is 49.6. The summed E-state index contributed by atoms with van der Waals surface area (Å²) in [5, 5.41) is 0. The number of hydrazine groups is 1. The molecule has 0 aliphatic carbocycles. The average molecular weight is 276 g/mol. The van der Waals surface area contributed by atoms with Crippen molar-refractivity contribution >= 4 is 9.84 Å². The third kappa shape index (κ3) is 2.52. The van der Waals surface area contributed by atoms with E-state index in [-0.39, 0.29) is 23.0 Å². The molecule has 0 saturated carbocycles. The lowest BCUT2D eigenvalue weighted by Crippen LogP contribution is -2.35. The Balaban J connectivity index is 2.32. The molecule has 100 valence electrons. The SMILES string of the molecule is NNC(c1cccc(F)c1F)C1CCS(=O)(=O)C1. The molecule has 1 aliphatic rings. The number of nitrogens with one attached hydrogen (secondary N) is 1. The summed E-state index contributed by atoms with van der Waals surface area (Å²) in [5.41, 5.74) is 2.46. The molecule has 2 atom stereocenters. The van der Waals surface area contributed by atoms with Gasteiger partial charge in [0.2, 0.25) is 0 Å². The van der Waals surface area contributed by atoms with E-state index in [0.29, 0.717) is 6.42 Å². The number of hydrogen-bond donors (Lipinski definition) is 2. The second kappa shape index (κ2) is 4.91. The van der Waals surface area contributed by atoms with Crippen LogP contribution in [0, 0.1) is 17.6 Å². The van der Waals surface area contributed by atoms with Crippen molar-refractivity contribution in [1.82, 2.24) is 5.43 Å². The van der Waals surface area contributed by atoms with Gasteiger partial charge in [-0.3, -0.25) is 11.3 Å². The summed E-state index contributed by atoms with van der Waals surface area (Å²) in [6.45, 7) is 0. The Labute approximate surface area is 104 Å². The zero-order valence-corrected chi connectivity index (χ0v) is 10.4. The van der Waals surface area contributed by atoms with E-state index in [1.807, 2.05) is 0 Å². The lowest BCUT2D eigenvalue weighted by Gasteiger charge is -2.22. The molecule has 2 rings (SSSR count). The smallest absolute Gasteiger partial charge is 0.163 e. The van der Waals surface area contributed by atoms with Gasteiger partial charge in [0.05, 0.1) is 17.5 Å². The Morgan fingerprint density at radius 3 is 2.67 bits per heavy atom. The lowest BCUT2D eigenvalue weighted by molar-refractivity contribution is 0.377. The van der Waals surface area contributed by atoms with E-state index in [0.717, 1.165) is 6.07 Å². The Bertz CT molecular complexity index is 548. The molecule has 1 aliphatic heterocycles. The molecule has 4 nitrogen and oxygen atoms in total. The van der Waals surface area contributed by atoms with Gasteiger partial charge in [-0.25, -0.2) is 17.2 Å². The van der Waals surface area contributed by atoms with Gasteiger partial charge in [0.15, 0.2) is 21.5 Å². The highest BCUT2D eigenvalue weighted by molar-refractivity contribution is 7.91. The fraction of sp³-hybridized carbons (Fsp3) is 0.455. The van der Waals surface area contributed by atoms with E-state index < -0.39 is 27.5 Å². The monoisotopic (exact) mass is 276 g/mol. The Morgan fingerprint density at radius 2 is 2.11 bits per heavy atom. The van der Waals surface area contributed by atoms with Crippen LogP contribution in [0.15, 0.2) is 18.2 Å². The van der Waals surface area contributed by atoms with Crippen LogP contribution in [0.1, 0.15) is 18.0 Å². The Morgan fingerprint density at radius 1 is 1.39 bits per heavy atom. The maximum absolute atomic E-state index is 13.7. The van der Waals surface area contributed by atoms with E-state index in [2.05, 4.69) is 5.43 Å². The third-order valence-corrected chi connectivity index (χ3v) is 5.03. The summed E-state index contributed by atoms with van der Waals surface area (Å²) in [7, 11) is -3.09. The molecule has 18 heavy (non-hydrogen) atoms. The molecule has 7 heteroatoms. The topological polar surface area (TPSA) is 72.2 Å². The zero-order chi connectivity index (χ0) is 13.3. The second-order valence-corrected chi connectivity index (χ2v) is 6.68. The van der Waals surface area contributed by atoms with Crippen LogP contribution < -0.4 is 11.3 Å². The van der Waals surface area contributed by atoms with Crippen LogP contribution >= 0.6 is 0 Å². The molecule has 0 spiro atoms. The molecule has 1 aromatic rings. The van der Waals surface area contributed by atoms with Gasteiger partial charge >= 0.3 is 0 Å². The summed E-state index contributed by atoms with van der Waals surface area (Å²) >= 11 is 0. The molecule has 2 unspecified atom stereocenters. The number of rotatable bonds is 3. The van der Waals surface area contributed by atoms with Crippen molar-refractivity contribution in [2.75, 3.05) is 11.5 Å². The minimum atomic E-state index is -3.09. The maximum atomic E-state index is 13.7. The van der Waals surface area contributed by atoms with E-state index in [9.17, 15) is 17.2 Å². The van der Waals surface area contributed by atoms with E-state index in [1.165, 1.54) is 12.1 Å². The first-order valence-corrected chi connectivity index (χ1v) is 7.37. The quantitative estimate of drug-likeness (QED) is 0.635. The number of halogens is 2. The molecule has 0 bridgehead atoms. The predicted octanol–water partition coefficient (Wildman–Crippen LogP) is 0.904. The molecule has 0 amide bonds. The number of benzene rings is 1. The fourth-order valence-electron chi connectivity index (χ4n) is 2.33. The number of nitrogens with two attached hydrogens (primary N) is 1. The average Bonchev–Trinajstić information content (AvgIpc) is 2.66. The first-order valence-electron chi connectivity index (χ1n) is 5.55. The molecule has 1 fully saturated rings. The van der Waals surface area contributed by atoms with Crippen molar-refractivity contribution in [2.24, 2.45) is 11.8 Å². The summed E-state index contributed by atoms with van der Waals surface area (Å²) in [4.78, 5) is 0. The van der Waals surface area contributed by atoms with Gasteiger partial charge in [-0.1, -0.05) is 12.1 Å². The highest BCUT2D eigenvalue weighted by atomic mass is 32.2. The fourth-order valence-corrected chi connectivity index (χ4v) is 4.17. The van der Waals surface area contributed by atoms with Crippen LogP contribution in [0.4, 0.5) is 8.78 Å².